The zero-order valence-electron chi connectivity index (χ0n) is 12.3. The Morgan fingerprint density at radius 1 is 1.18 bits per heavy atom. The Labute approximate surface area is 129 Å². The molecule has 0 saturated heterocycles. The van der Waals surface area contributed by atoms with Gasteiger partial charge in [-0.3, -0.25) is 0 Å². The third kappa shape index (κ3) is 3.76. The van der Waals surface area contributed by atoms with Gasteiger partial charge in [-0.15, -0.1) is 0 Å². The second-order valence-electron chi connectivity index (χ2n) is 4.47. The normalized spacial score (nSPS) is 10.4. The van der Waals surface area contributed by atoms with Crippen LogP contribution in [0.3, 0.4) is 0 Å². The fraction of sp³-hybridized carbons (Fsp3) is 0.176. The second-order valence-corrected chi connectivity index (χ2v) is 4.47. The Balaban J connectivity index is 2.20. The fourth-order valence-corrected chi connectivity index (χ4v) is 1.99. The van der Waals surface area contributed by atoms with E-state index in [4.69, 9.17) is 20.6 Å². The molecule has 0 bridgehead atoms. The van der Waals surface area contributed by atoms with Crippen LogP contribution in [0.5, 0.6) is 11.5 Å². The lowest BCUT2D eigenvalue weighted by Gasteiger charge is -2.13. The maximum atomic E-state index is 9.09. The molecule has 112 valence electrons. The molecular weight excluding hydrogens is 278 g/mol. The van der Waals surface area contributed by atoms with E-state index in [1.807, 2.05) is 37.3 Å². The first-order chi connectivity index (χ1) is 10.8. The van der Waals surface area contributed by atoms with Crippen LogP contribution in [-0.2, 0) is 6.61 Å². The van der Waals surface area contributed by atoms with E-state index in [0.717, 1.165) is 11.1 Å². The first-order valence-electron chi connectivity index (χ1n) is 6.89. The predicted octanol–water partition coefficient (Wildman–Crippen LogP) is 2.83. The van der Waals surface area contributed by atoms with Crippen LogP contribution in [0.1, 0.15) is 23.6 Å². The van der Waals surface area contributed by atoms with Crippen LogP contribution < -0.4 is 15.3 Å². The fourth-order valence-electron chi connectivity index (χ4n) is 1.99. The molecule has 0 heterocycles. The van der Waals surface area contributed by atoms with Crippen molar-refractivity contribution in [3.05, 3.63) is 59.2 Å². The van der Waals surface area contributed by atoms with Crippen molar-refractivity contribution < 1.29 is 9.47 Å². The van der Waals surface area contributed by atoms with Gasteiger partial charge in [-0.05, 0) is 36.8 Å². The molecule has 5 heteroatoms. The summed E-state index contributed by atoms with van der Waals surface area (Å²) < 4.78 is 11.4. The van der Waals surface area contributed by atoms with Crippen molar-refractivity contribution in [3.63, 3.8) is 0 Å². The third-order valence-corrected chi connectivity index (χ3v) is 3.01. The van der Waals surface area contributed by atoms with Crippen molar-refractivity contribution in [3.8, 4) is 17.6 Å². The molecule has 0 unspecified atom stereocenters. The molecule has 2 rings (SSSR count). The van der Waals surface area contributed by atoms with Crippen molar-refractivity contribution in [2.24, 2.45) is 10.9 Å². The van der Waals surface area contributed by atoms with E-state index in [9.17, 15) is 0 Å². The van der Waals surface area contributed by atoms with Crippen molar-refractivity contribution in [1.82, 2.24) is 0 Å². The van der Waals surface area contributed by atoms with Gasteiger partial charge in [-0.25, -0.2) is 0 Å². The molecule has 0 aromatic heterocycles. The molecule has 2 N–H and O–H groups in total. The second kappa shape index (κ2) is 7.70. The number of nitrogens with zero attached hydrogens (tertiary/aromatic N) is 2. The summed E-state index contributed by atoms with van der Waals surface area (Å²) in [5.74, 6) is 6.39. The van der Waals surface area contributed by atoms with Gasteiger partial charge >= 0.3 is 0 Å². The topological polar surface area (TPSA) is 80.6 Å². The number of rotatable bonds is 6. The number of benzene rings is 2. The smallest absolute Gasteiger partial charge is 0.161 e. The average molecular weight is 295 g/mol. The summed E-state index contributed by atoms with van der Waals surface area (Å²) >= 11 is 0. The summed E-state index contributed by atoms with van der Waals surface area (Å²) in [5.41, 5.74) is 2.27. The van der Waals surface area contributed by atoms with Crippen molar-refractivity contribution in [2.75, 3.05) is 6.61 Å². The summed E-state index contributed by atoms with van der Waals surface area (Å²) in [7, 11) is 0. The SMILES string of the molecule is CCOc1cc(C=NN)ccc1OCc1ccccc1C#N. The zero-order chi connectivity index (χ0) is 15.8. The van der Waals surface area contributed by atoms with Crippen LogP contribution in [0, 0.1) is 11.3 Å². The van der Waals surface area contributed by atoms with Crippen molar-refractivity contribution >= 4 is 6.21 Å². The molecule has 5 nitrogen and oxygen atoms in total. The number of nitrogens with two attached hydrogens (primary N) is 1. The molecule has 0 aliphatic carbocycles. The van der Waals surface area contributed by atoms with Crippen LogP contribution in [0.2, 0.25) is 0 Å². The Bertz CT molecular complexity index is 705. The standard InChI is InChI=1S/C17H17N3O2/c1-2-21-17-9-13(11-20-19)7-8-16(17)22-12-15-6-4-3-5-14(15)10-18/h3-9,11H,2,12,19H2,1H3. The molecule has 0 atom stereocenters. The maximum Gasteiger partial charge on any atom is 0.161 e. The summed E-state index contributed by atoms with van der Waals surface area (Å²) in [4.78, 5) is 0. The van der Waals surface area contributed by atoms with E-state index < -0.39 is 0 Å². The molecule has 0 spiro atoms. The molecule has 0 radical (unpaired) electrons. The van der Waals surface area contributed by atoms with Crippen LogP contribution >= 0.6 is 0 Å². The molecule has 0 fully saturated rings. The first-order valence-corrected chi connectivity index (χ1v) is 6.89. The third-order valence-electron chi connectivity index (χ3n) is 3.01. The first kappa shape index (κ1) is 15.4. The monoisotopic (exact) mass is 295 g/mol. The minimum Gasteiger partial charge on any atom is -0.490 e. The number of hydrogen-bond acceptors (Lipinski definition) is 5. The van der Waals surface area contributed by atoms with E-state index >= 15 is 0 Å². The molecule has 0 aliphatic rings. The quantitative estimate of drug-likeness (QED) is 0.505. The highest BCUT2D eigenvalue weighted by molar-refractivity contribution is 5.80. The van der Waals surface area contributed by atoms with Gasteiger partial charge in [0.1, 0.15) is 6.61 Å². The molecule has 0 aliphatic heterocycles. The number of nitriles is 1. The summed E-state index contributed by atoms with van der Waals surface area (Å²) in [6, 6.07) is 14.9. The van der Waals surface area contributed by atoms with E-state index in [1.165, 1.54) is 6.21 Å². The molecule has 2 aromatic rings. The van der Waals surface area contributed by atoms with E-state index in [-0.39, 0.29) is 0 Å². The predicted molar refractivity (Wildman–Crippen MR) is 84.9 cm³/mol. The number of ether oxygens (including phenoxy) is 2. The Hall–Kier alpha value is -3.00. The summed E-state index contributed by atoms with van der Waals surface area (Å²) in [5, 5.41) is 12.6. The zero-order valence-corrected chi connectivity index (χ0v) is 12.3. The maximum absolute atomic E-state index is 9.09. The Morgan fingerprint density at radius 3 is 2.73 bits per heavy atom. The highest BCUT2D eigenvalue weighted by atomic mass is 16.5. The lowest BCUT2D eigenvalue weighted by atomic mass is 10.1. The molecule has 0 amide bonds. The van der Waals surface area contributed by atoms with E-state index in [1.54, 1.807) is 12.1 Å². The number of hydrogen-bond donors (Lipinski definition) is 1. The molecular formula is C17H17N3O2. The number of hydrazone groups is 1. The van der Waals surface area contributed by atoms with Crippen LogP contribution in [0.25, 0.3) is 0 Å². The van der Waals surface area contributed by atoms with E-state index in [0.29, 0.717) is 30.3 Å². The van der Waals surface area contributed by atoms with Gasteiger partial charge in [0.2, 0.25) is 0 Å². The van der Waals surface area contributed by atoms with Crippen molar-refractivity contribution in [1.29, 1.82) is 5.26 Å². The molecule has 22 heavy (non-hydrogen) atoms. The minimum atomic E-state index is 0.300. The van der Waals surface area contributed by atoms with Gasteiger partial charge < -0.3 is 15.3 Å². The van der Waals surface area contributed by atoms with Crippen LogP contribution in [-0.4, -0.2) is 12.8 Å². The highest BCUT2D eigenvalue weighted by Crippen LogP contribution is 2.29. The Kier molecular flexibility index (Phi) is 5.38. The molecule has 0 saturated carbocycles. The van der Waals surface area contributed by atoms with Crippen molar-refractivity contribution in [2.45, 2.75) is 13.5 Å². The van der Waals surface area contributed by atoms with Crippen LogP contribution in [0.15, 0.2) is 47.6 Å². The average Bonchev–Trinajstić information content (AvgIpc) is 2.55. The van der Waals surface area contributed by atoms with Gasteiger partial charge in [0.05, 0.1) is 24.5 Å². The van der Waals surface area contributed by atoms with Gasteiger partial charge in [-0.2, -0.15) is 10.4 Å². The van der Waals surface area contributed by atoms with Gasteiger partial charge in [0.25, 0.3) is 0 Å². The summed E-state index contributed by atoms with van der Waals surface area (Å²) in [6.45, 7) is 2.72. The lowest BCUT2D eigenvalue weighted by Crippen LogP contribution is -2.02. The van der Waals surface area contributed by atoms with E-state index in [2.05, 4.69) is 11.2 Å². The van der Waals surface area contributed by atoms with Gasteiger partial charge in [0, 0.05) is 5.56 Å². The molecule has 2 aromatic carbocycles. The Morgan fingerprint density at radius 2 is 2.00 bits per heavy atom. The minimum absolute atomic E-state index is 0.300. The van der Waals surface area contributed by atoms with Gasteiger partial charge in [0.15, 0.2) is 11.5 Å². The lowest BCUT2D eigenvalue weighted by molar-refractivity contribution is 0.269. The highest BCUT2D eigenvalue weighted by Gasteiger charge is 2.08. The van der Waals surface area contributed by atoms with Crippen LogP contribution in [0.4, 0.5) is 0 Å². The summed E-state index contributed by atoms with van der Waals surface area (Å²) in [6.07, 6.45) is 1.54. The largest absolute Gasteiger partial charge is 0.490 e. The van der Waals surface area contributed by atoms with Gasteiger partial charge in [-0.1, -0.05) is 18.2 Å².